The lowest BCUT2D eigenvalue weighted by atomic mass is 10.2. The van der Waals surface area contributed by atoms with Crippen LogP contribution in [0.2, 0.25) is 0 Å². The molecule has 6 heteroatoms. The van der Waals surface area contributed by atoms with Crippen LogP contribution < -0.4 is 10.6 Å². The average Bonchev–Trinajstić information content (AvgIpc) is 2.56. The van der Waals surface area contributed by atoms with Crippen LogP contribution in [0.1, 0.15) is 16.1 Å². The summed E-state index contributed by atoms with van der Waals surface area (Å²) < 4.78 is 0. The maximum atomic E-state index is 11.2. The highest BCUT2D eigenvalue weighted by molar-refractivity contribution is 5.91. The Kier molecular flexibility index (Phi) is 4.29. The van der Waals surface area contributed by atoms with E-state index in [1.54, 1.807) is 12.3 Å². The molecular formula is C16H19N5O. The molecule has 0 radical (unpaired) electrons. The molecule has 3 rings (SSSR count). The molecule has 6 nitrogen and oxygen atoms in total. The summed E-state index contributed by atoms with van der Waals surface area (Å²) in [6.07, 6.45) is 3.70. The van der Waals surface area contributed by atoms with E-state index in [0.717, 1.165) is 38.5 Å². The minimum atomic E-state index is -0.489. The molecule has 0 unspecified atom stereocenters. The predicted octanol–water partition coefficient (Wildman–Crippen LogP) is 0.898. The fraction of sp³-hybridized carbons (Fsp3) is 0.312. The van der Waals surface area contributed by atoms with Crippen LogP contribution in [0.25, 0.3) is 0 Å². The number of nitrogens with zero attached hydrogens (tertiary/aromatic N) is 4. The first-order valence-corrected chi connectivity index (χ1v) is 7.35. The Morgan fingerprint density at radius 1 is 1.14 bits per heavy atom. The molecule has 3 heterocycles. The van der Waals surface area contributed by atoms with Crippen LogP contribution in [0.5, 0.6) is 0 Å². The van der Waals surface area contributed by atoms with E-state index in [1.165, 1.54) is 5.56 Å². The number of hydrogen-bond acceptors (Lipinski definition) is 5. The van der Waals surface area contributed by atoms with Crippen LogP contribution in [-0.4, -0.2) is 47.0 Å². The molecule has 22 heavy (non-hydrogen) atoms. The molecule has 1 saturated heterocycles. The van der Waals surface area contributed by atoms with E-state index in [1.807, 2.05) is 24.4 Å². The van der Waals surface area contributed by atoms with Crippen molar-refractivity contribution >= 4 is 11.7 Å². The number of anilines is 1. The zero-order valence-corrected chi connectivity index (χ0v) is 12.4. The summed E-state index contributed by atoms with van der Waals surface area (Å²) in [4.78, 5) is 24.3. The van der Waals surface area contributed by atoms with Crippen molar-refractivity contribution in [2.24, 2.45) is 5.73 Å². The van der Waals surface area contributed by atoms with E-state index in [-0.39, 0.29) is 0 Å². The molecule has 1 aliphatic rings. The van der Waals surface area contributed by atoms with E-state index in [2.05, 4.69) is 25.8 Å². The maximum Gasteiger partial charge on any atom is 0.267 e. The van der Waals surface area contributed by atoms with Gasteiger partial charge >= 0.3 is 0 Å². The van der Waals surface area contributed by atoms with Crippen LogP contribution >= 0.6 is 0 Å². The van der Waals surface area contributed by atoms with Crippen LogP contribution in [0.3, 0.4) is 0 Å². The number of carbonyl (C=O) groups excluding carboxylic acids is 1. The van der Waals surface area contributed by atoms with E-state index >= 15 is 0 Å². The number of carbonyl (C=O) groups is 1. The largest absolute Gasteiger partial charge is 0.364 e. The van der Waals surface area contributed by atoms with Crippen molar-refractivity contribution in [2.45, 2.75) is 6.54 Å². The zero-order valence-electron chi connectivity index (χ0n) is 12.4. The summed E-state index contributed by atoms with van der Waals surface area (Å²) in [6, 6.07) is 9.44. The van der Waals surface area contributed by atoms with Crippen LogP contribution in [-0.2, 0) is 6.54 Å². The molecule has 0 atom stereocenters. The third-order valence-electron chi connectivity index (χ3n) is 3.81. The standard InChI is InChI=1S/C16H19N5O/c17-16(22)14-4-1-5-15(19-14)21-9-7-20(8-10-21)12-13-3-2-6-18-11-13/h1-6,11H,7-10,12H2,(H2,17,22). The van der Waals surface area contributed by atoms with Gasteiger partial charge < -0.3 is 10.6 Å². The molecule has 2 aromatic heterocycles. The Labute approximate surface area is 129 Å². The fourth-order valence-corrected chi connectivity index (χ4v) is 2.62. The van der Waals surface area contributed by atoms with Gasteiger partial charge in [0.1, 0.15) is 11.5 Å². The quantitative estimate of drug-likeness (QED) is 0.907. The lowest BCUT2D eigenvalue weighted by molar-refractivity contribution is 0.0995. The Morgan fingerprint density at radius 3 is 2.64 bits per heavy atom. The van der Waals surface area contributed by atoms with Crippen molar-refractivity contribution in [2.75, 3.05) is 31.1 Å². The van der Waals surface area contributed by atoms with Gasteiger partial charge in [-0.3, -0.25) is 14.7 Å². The predicted molar refractivity (Wildman–Crippen MR) is 84.5 cm³/mol. The van der Waals surface area contributed by atoms with Crippen molar-refractivity contribution in [1.29, 1.82) is 0 Å². The molecule has 1 aliphatic heterocycles. The zero-order chi connectivity index (χ0) is 15.4. The second kappa shape index (κ2) is 6.53. The Balaban J connectivity index is 1.60. The minimum Gasteiger partial charge on any atom is -0.364 e. The molecule has 0 bridgehead atoms. The Hall–Kier alpha value is -2.47. The lowest BCUT2D eigenvalue weighted by Gasteiger charge is -2.35. The molecule has 114 valence electrons. The molecule has 0 spiro atoms. The van der Waals surface area contributed by atoms with Crippen molar-refractivity contribution < 1.29 is 4.79 Å². The van der Waals surface area contributed by atoms with Crippen molar-refractivity contribution in [1.82, 2.24) is 14.9 Å². The molecule has 0 aromatic carbocycles. The van der Waals surface area contributed by atoms with Crippen LogP contribution in [0, 0.1) is 0 Å². The first kappa shape index (κ1) is 14.5. The van der Waals surface area contributed by atoms with Crippen molar-refractivity contribution in [3.8, 4) is 0 Å². The van der Waals surface area contributed by atoms with Gasteiger partial charge in [0.15, 0.2) is 0 Å². The van der Waals surface area contributed by atoms with Gasteiger partial charge in [0, 0.05) is 45.1 Å². The molecule has 0 saturated carbocycles. The third kappa shape index (κ3) is 3.40. The Morgan fingerprint density at radius 2 is 1.95 bits per heavy atom. The van der Waals surface area contributed by atoms with Crippen molar-refractivity contribution in [3.63, 3.8) is 0 Å². The summed E-state index contributed by atoms with van der Waals surface area (Å²) in [6.45, 7) is 4.59. The van der Waals surface area contributed by atoms with Gasteiger partial charge in [-0.25, -0.2) is 4.98 Å². The van der Waals surface area contributed by atoms with Gasteiger partial charge in [-0.15, -0.1) is 0 Å². The number of nitrogens with two attached hydrogens (primary N) is 1. The van der Waals surface area contributed by atoms with Crippen molar-refractivity contribution in [3.05, 3.63) is 54.0 Å². The SMILES string of the molecule is NC(=O)c1cccc(N2CCN(Cc3cccnc3)CC2)n1. The minimum absolute atomic E-state index is 0.315. The number of hydrogen-bond donors (Lipinski definition) is 1. The molecular weight excluding hydrogens is 278 g/mol. The van der Waals surface area contributed by atoms with Gasteiger partial charge in [-0.05, 0) is 23.8 Å². The van der Waals surface area contributed by atoms with Crippen LogP contribution in [0.15, 0.2) is 42.7 Å². The molecule has 2 N–H and O–H groups in total. The highest BCUT2D eigenvalue weighted by Crippen LogP contribution is 2.15. The summed E-state index contributed by atoms with van der Waals surface area (Å²) in [5.41, 5.74) is 6.83. The average molecular weight is 297 g/mol. The number of aromatic nitrogens is 2. The van der Waals surface area contributed by atoms with Gasteiger partial charge in [0.2, 0.25) is 0 Å². The summed E-state index contributed by atoms with van der Waals surface area (Å²) in [5, 5.41) is 0. The summed E-state index contributed by atoms with van der Waals surface area (Å²) >= 11 is 0. The topological polar surface area (TPSA) is 75.4 Å². The smallest absolute Gasteiger partial charge is 0.267 e. The maximum absolute atomic E-state index is 11.2. The van der Waals surface area contributed by atoms with E-state index in [9.17, 15) is 4.79 Å². The summed E-state index contributed by atoms with van der Waals surface area (Å²) in [5.74, 6) is 0.328. The van der Waals surface area contributed by atoms with Crippen LogP contribution in [0.4, 0.5) is 5.82 Å². The number of pyridine rings is 2. The first-order valence-electron chi connectivity index (χ1n) is 7.35. The van der Waals surface area contributed by atoms with Gasteiger partial charge in [-0.2, -0.15) is 0 Å². The number of primary amides is 1. The normalized spacial score (nSPS) is 15.7. The molecule has 2 aromatic rings. The number of amides is 1. The molecule has 1 fully saturated rings. The highest BCUT2D eigenvalue weighted by Gasteiger charge is 2.18. The van der Waals surface area contributed by atoms with Gasteiger partial charge in [0.05, 0.1) is 0 Å². The second-order valence-electron chi connectivity index (χ2n) is 5.37. The molecule has 1 amide bonds. The van der Waals surface area contributed by atoms with E-state index < -0.39 is 5.91 Å². The lowest BCUT2D eigenvalue weighted by Crippen LogP contribution is -2.46. The number of piperazine rings is 1. The molecule has 0 aliphatic carbocycles. The van der Waals surface area contributed by atoms with Gasteiger partial charge in [0.25, 0.3) is 5.91 Å². The second-order valence-corrected chi connectivity index (χ2v) is 5.37. The Bertz CT molecular complexity index is 638. The third-order valence-corrected chi connectivity index (χ3v) is 3.81. The van der Waals surface area contributed by atoms with Gasteiger partial charge in [-0.1, -0.05) is 12.1 Å². The highest BCUT2D eigenvalue weighted by atomic mass is 16.1. The van der Waals surface area contributed by atoms with E-state index in [0.29, 0.717) is 5.69 Å². The monoisotopic (exact) mass is 297 g/mol. The fourth-order valence-electron chi connectivity index (χ4n) is 2.62. The first-order chi connectivity index (χ1) is 10.7. The van der Waals surface area contributed by atoms with E-state index in [4.69, 9.17) is 5.73 Å². The summed E-state index contributed by atoms with van der Waals surface area (Å²) in [7, 11) is 0. The number of rotatable bonds is 4.